The number of ether oxygens (including phenoxy) is 1. The summed E-state index contributed by atoms with van der Waals surface area (Å²) in [5, 5.41) is 0.762. The molecule has 0 saturated carbocycles. The Morgan fingerprint density at radius 3 is 2.73 bits per heavy atom. The predicted octanol–water partition coefficient (Wildman–Crippen LogP) is 3.02. The van der Waals surface area contributed by atoms with E-state index in [-0.39, 0.29) is 6.04 Å². The molecule has 1 aromatic carbocycles. The third-order valence-electron chi connectivity index (χ3n) is 2.57. The molecule has 0 saturated heterocycles. The Hall–Kier alpha value is -0.730. The highest BCUT2D eigenvalue weighted by Gasteiger charge is 2.05. The molecule has 1 rings (SSSR count). The maximum absolute atomic E-state index is 6.11. The molecular weight excluding hydrogens is 210 g/mol. The van der Waals surface area contributed by atoms with Crippen LogP contribution in [0, 0.1) is 0 Å². The molecule has 0 amide bonds. The zero-order valence-electron chi connectivity index (χ0n) is 9.29. The van der Waals surface area contributed by atoms with Crippen LogP contribution in [0.3, 0.4) is 0 Å². The van der Waals surface area contributed by atoms with Crippen molar-refractivity contribution >= 4 is 11.6 Å². The molecule has 2 N–H and O–H groups in total. The van der Waals surface area contributed by atoms with Gasteiger partial charge in [0.15, 0.2) is 0 Å². The summed E-state index contributed by atoms with van der Waals surface area (Å²) in [6.07, 6.45) is 2.91. The molecule has 84 valence electrons. The van der Waals surface area contributed by atoms with Crippen molar-refractivity contribution < 1.29 is 4.74 Å². The number of aryl methyl sites for hydroxylation is 1. The average molecular weight is 228 g/mol. The second-order valence-corrected chi connectivity index (χ2v) is 4.07. The monoisotopic (exact) mass is 227 g/mol. The van der Waals surface area contributed by atoms with Crippen LogP contribution in [0.25, 0.3) is 0 Å². The van der Waals surface area contributed by atoms with Gasteiger partial charge in [-0.25, -0.2) is 0 Å². The van der Waals surface area contributed by atoms with Crippen LogP contribution in [-0.4, -0.2) is 13.2 Å². The number of rotatable bonds is 5. The van der Waals surface area contributed by atoms with Gasteiger partial charge in [-0.3, -0.25) is 0 Å². The third kappa shape index (κ3) is 3.73. The highest BCUT2D eigenvalue weighted by atomic mass is 35.5. The summed E-state index contributed by atoms with van der Waals surface area (Å²) < 4.78 is 5.09. The highest BCUT2D eigenvalue weighted by Crippen LogP contribution is 2.23. The maximum Gasteiger partial charge on any atom is 0.120 e. The Labute approximate surface area is 96.4 Å². The minimum atomic E-state index is 0.267. The van der Waals surface area contributed by atoms with Gasteiger partial charge in [0.25, 0.3) is 0 Å². The molecule has 0 spiro atoms. The molecule has 0 bridgehead atoms. The number of hydrogen-bond donors (Lipinski definition) is 1. The van der Waals surface area contributed by atoms with Crippen LogP contribution in [0.1, 0.15) is 25.3 Å². The molecule has 1 unspecified atom stereocenters. The van der Waals surface area contributed by atoms with Crippen LogP contribution in [0.2, 0.25) is 5.02 Å². The Morgan fingerprint density at radius 2 is 2.20 bits per heavy atom. The van der Waals surface area contributed by atoms with Gasteiger partial charge in [0, 0.05) is 11.1 Å². The van der Waals surface area contributed by atoms with Crippen molar-refractivity contribution in [3.05, 3.63) is 28.8 Å². The lowest BCUT2D eigenvalue weighted by atomic mass is 10.0. The van der Waals surface area contributed by atoms with Gasteiger partial charge in [-0.1, -0.05) is 24.6 Å². The largest absolute Gasteiger partial charge is 0.497 e. The molecule has 2 nitrogen and oxygen atoms in total. The lowest BCUT2D eigenvalue weighted by molar-refractivity contribution is 0.414. The lowest BCUT2D eigenvalue weighted by Gasteiger charge is -2.10. The molecule has 15 heavy (non-hydrogen) atoms. The number of benzene rings is 1. The predicted molar refractivity (Wildman–Crippen MR) is 64.6 cm³/mol. The first kappa shape index (κ1) is 12.3. The number of nitrogens with two attached hydrogens (primary N) is 1. The lowest BCUT2D eigenvalue weighted by Crippen LogP contribution is -2.19. The van der Waals surface area contributed by atoms with Crippen molar-refractivity contribution in [2.45, 2.75) is 32.2 Å². The molecule has 0 radical (unpaired) electrons. The minimum Gasteiger partial charge on any atom is -0.497 e. The first-order chi connectivity index (χ1) is 7.17. The van der Waals surface area contributed by atoms with Gasteiger partial charge in [0.2, 0.25) is 0 Å². The first-order valence-corrected chi connectivity index (χ1v) is 5.63. The van der Waals surface area contributed by atoms with E-state index in [9.17, 15) is 0 Å². The quantitative estimate of drug-likeness (QED) is 0.839. The molecular formula is C12H18ClNO. The zero-order chi connectivity index (χ0) is 11.3. The van der Waals surface area contributed by atoms with Crippen LogP contribution in [0.5, 0.6) is 5.75 Å². The van der Waals surface area contributed by atoms with Crippen LogP contribution in [0.4, 0.5) is 0 Å². The van der Waals surface area contributed by atoms with Crippen LogP contribution >= 0.6 is 11.6 Å². The van der Waals surface area contributed by atoms with E-state index in [1.165, 1.54) is 0 Å². The van der Waals surface area contributed by atoms with E-state index < -0.39 is 0 Å². The van der Waals surface area contributed by atoms with Crippen molar-refractivity contribution in [3.8, 4) is 5.75 Å². The Kier molecular flexibility index (Phi) is 4.92. The van der Waals surface area contributed by atoms with Crippen molar-refractivity contribution in [1.82, 2.24) is 0 Å². The van der Waals surface area contributed by atoms with Crippen LogP contribution in [-0.2, 0) is 6.42 Å². The summed E-state index contributed by atoms with van der Waals surface area (Å²) in [7, 11) is 1.64. The molecule has 0 aliphatic rings. The van der Waals surface area contributed by atoms with E-state index in [2.05, 4.69) is 6.92 Å². The van der Waals surface area contributed by atoms with Gasteiger partial charge in [0.1, 0.15) is 5.75 Å². The fourth-order valence-electron chi connectivity index (χ4n) is 1.40. The van der Waals surface area contributed by atoms with Crippen molar-refractivity contribution in [1.29, 1.82) is 0 Å². The topological polar surface area (TPSA) is 35.2 Å². The average Bonchev–Trinajstić information content (AvgIpc) is 2.26. The fraction of sp³-hybridized carbons (Fsp3) is 0.500. The maximum atomic E-state index is 6.11. The Bertz CT molecular complexity index is 314. The van der Waals surface area contributed by atoms with Gasteiger partial charge in [-0.05, 0) is 37.0 Å². The summed E-state index contributed by atoms with van der Waals surface area (Å²) in [6.45, 7) is 2.10. The van der Waals surface area contributed by atoms with E-state index in [0.717, 1.165) is 35.6 Å². The smallest absolute Gasteiger partial charge is 0.120 e. The Morgan fingerprint density at radius 1 is 1.47 bits per heavy atom. The molecule has 0 aliphatic carbocycles. The van der Waals surface area contributed by atoms with Crippen molar-refractivity contribution in [2.75, 3.05) is 7.11 Å². The van der Waals surface area contributed by atoms with Gasteiger partial charge < -0.3 is 10.5 Å². The second-order valence-electron chi connectivity index (χ2n) is 3.66. The summed E-state index contributed by atoms with van der Waals surface area (Å²) in [4.78, 5) is 0. The summed E-state index contributed by atoms with van der Waals surface area (Å²) in [5.41, 5.74) is 7.00. The second kappa shape index (κ2) is 5.99. The molecule has 0 heterocycles. The first-order valence-electron chi connectivity index (χ1n) is 5.25. The van der Waals surface area contributed by atoms with Crippen molar-refractivity contribution in [3.63, 3.8) is 0 Å². The summed E-state index contributed by atoms with van der Waals surface area (Å²) >= 11 is 6.11. The fourth-order valence-corrected chi connectivity index (χ4v) is 1.67. The molecule has 1 aromatic rings. The van der Waals surface area contributed by atoms with E-state index in [4.69, 9.17) is 22.1 Å². The van der Waals surface area contributed by atoms with Crippen LogP contribution in [0.15, 0.2) is 18.2 Å². The number of methoxy groups -OCH3 is 1. The molecule has 0 aromatic heterocycles. The van der Waals surface area contributed by atoms with Crippen molar-refractivity contribution in [2.24, 2.45) is 5.73 Å². The van der Waals surface area contributed by atoms with E-state index >= 15 is 0 Å². The van der Waals surface area contributed by atoms with E-state index in [0.29, 0.717) is 0 Å². The molecule has 1 atom stereocenters. The third-order valence-corrected chi connectivity index (χ3v) is 2.92. The standard InChI is InChI=1S/C12H18ClNO/c1-3-10(14)6-4-9-5-7-11(15-2)8-12(9)13/h5,7-8,10H,3-4,6,14H2,1-2H3. The number of hydrogen-bond acceptors (Lipinski definition) is 2. The SMILES string of the molecule is CCC(N)CCc1ccc(OC)cc1Cl. The van der Waals surface area contributed by atoms with Gasteiger partial charge in [-0.2, -0.15) is 0 Å². The minimum absolute atomic E-state index is 0.267. The highest BCUT2D eigenvalue weighted by molar-refractivity contribution is 6.31. The molecule has 0 fully saturated rings. The van der Waals surface area contributed by atoms with Gasteiger partial charge >= 0.3 is 0 Å². The van der Waals surface area contributed by atoms with Gasteiger partial charge in [-0.15, -0.1) is 0 Å². The Balaban J connectivity index is 2.62. The summed E-state index contributed by atoms with van der Waals surface area (Å²) in [5.74, 6) is 0.795. The van der Waals surface area contributed by atoms with Gasteiger partial charge in [0.05, 0.1) is 7.11 Å². The van der Waals surface area contributed by atoms with E-state index in [1.54, 1.807) is 7.11 Å². The summed E-state index contributed by atoms with van der Waals surface area (Å²) in [6, 6.07) is 6.04. The van der Waals surface area contributed by atoms with Crippen LogP contribution < -0.4 is 10.5 Å². The normalized spacial score (nSPS) is 12.5. The molecule has 3 heteroatoms. The number of halogens is 1. The van der Waals surface area contributed by atoms with E-state index in [1.807, 2.05) is 18.2 Å². The zero-order valence-corrected chi connectivity index (χ0v) is 10.1. The molecule has 0 aliphatic heterocycles.